The molecule has 1 fully saturated rings. The van der Waals surface area contributed by atoms with Crippen LogP contribution in [-0.4, -0.2) is 18.0 Å². The van der Waals surface area contributed by atoms with E-state index in [4.69, 9.17) is 11.6 Å². The second kappa shape index (κ2) is 5.29. The summed E-state index contributed by atoms with van der Waals surface area (Å²) >= 11 is 5.95. The maximum absolute atomic E-state index is 12.2. The Morgan fingerprint density at radius 1 is 1.56 bits per heavy atom. The van der Waals surface area contributed by atoms with Crippen LogP contribution < -0.4 is 10.6 Å². The molecule has 1 saturated heterocycles. The van der Waals surface area contributed by atoms with Crippen LogP contribution in [-0.2, 0) is 4.79 Å². The zero-order valence-electron chi connectivity index (χ0n) is 10.8. The van der Waals surface area contributed by atoms with Crippen LogP contribution in [0.15, 0.2) is 24.3 Å². The minimum Gasteiger partial charge on any atom is -0.348 e. The van der Waals surface area contributed by atoms with E-state index in [1.807, 2.05) is 38.1 Å². The molecule has 0 aromatic heterocycles. The fraction of sp³-hybridized carbons (Fsp3) is 0.500. The van der Waals surface area contributed by atoms with Gasteiger partial charge in [0.05, 0.1) is 11.6 Å². The molecule has 2 atom stereocenters. The molecular weight excluding hydrogens is 248 g/mol. The van der Waals surface area contributed by atoms with E-state index < -0.39 is 5.54 Å². The number of carbonyl (C=O) groups is 1. The summed E-state index contributed by atoms with van der Waals surface area (Å²) in [5.74, 6) is 0.0625. The fourth-order valence-corrected chi connectivity index (χ4v) is 2.50. The molecule has 1 amide bonds. The number of carbonyl (C=O) groups excluding carboxylic acids is 1. The van der Waals surface area contributed by atoms with Gasteiger partial charge in [0, 0.05) is 5.02 Å². The van der Waals surface area contributed by atoms with E-state index in [0.717, 1.165) is 24.9 Å². The van der Waals surface area contributed by atoms with Crippen LogP contribution in [0, 0.1) is 0 Å². The van der Waals surface area contributed by atoms with E-state index in [0.29, 0.717) is 5.02 Å². The van der Waals surface area contributed by atoms with E-state index in [2.05, 4.69) is 10.6 Å². The second-order valence-corrected chi connectivity index (χ2v) is 5.55. The molecule has 2 N–H and O–H groups in total. The maximum atomic E-state index is 12.2. The van der Waals surface area contributed by atoms with Gasteiger partial charge in [-0.1, -0.05) is 23.7 Å². The molecule has 0 radical (unpaired) electrons. The fourth-order valence-electron chi connectivity index (χ4n) is 2.30. The molecule has 1 heterocycles. The number of hydrogen-bond donors (Lipinski definition) is 2. The largest absolute Gasteiger partial charge is 0.348 e. The van der Waals surface area contributed by atoms with Crippen molar-refractivity contribution in [3.05, 3.63) is 34.9 Å². The lowest BCUT2D eigenvalue weighted by atomic mass is 9.98. The Kier molecular flexibility index (Phi) is 3.93. The summed E-state index contributed by atoms with van der Waals surface area (Å²) in [5.41, 5.74) is 0.602. The molecule has 1 aromatic carbocycles. The smallest absolute Gasteiger partial charge is 0.240 e. The van der Waals surface area contributed by atoms with Crippen LogP contribution in [0.3, 0.4) is 0 Å². The molecule has 1 aliphatic rings. The number of benzene rings is 1. The molecule has 98 valence electrons. The molecule has 18 heavy (non-hydrogen) atoms. The Morgan fingerprint density at radius 3 is 2.94 bits per heavy atom. The number of halogens is 1. The monoisotopic (exact) mass is 266 g/mol. The quantitative estimate of drug-likeness (QED) is 0.883. The van der Waals surface area contributed by atoms with Gasteiger partial charge in [-0.15, -0.1) is 0 Å². The Morgan fingerprint density at radius 2 is 2.33 bits per heavy atom. The maximum Gasteiger partial charge on any atom is 0.240 e. The highest BCUT2D eigenvalue weighted by Gasteiger charge is 2.36. The van der Waals surface area contributed by atoms with Gasteiger partial charge in [0.25, 0.3) is 0 Å². The average Bonchev–Trinajstić information content (AvgIpc) is 2.77. The van der Waals surface area contributed by atoms with Crippen molar-refractivity contribution in [3.8, 4) is 0 Å². The number of hydrogen-bond acceptors (Lipinski definition) is 2. The van der Waals surface area contributed by atoms with Gasteiger partial charge in [-0.2, -0.15) is 0 Å². The van der Waals surface area contributed by atoms with Gasteiger partial charge >= 0.3 is 0 Å². The number of amides is 1. The minimum absolute atomic E-state index is 0.0320. The molecule has 0 spiro atoms. The van der Waals surface area contributed by atoms with Crippen LogP contribution >= 0.6 is 11.6 Å². The van der Waals surface area contributed by atoms with Crippen molar-refractivity contribution in [3.63, 3.8) is 0 Å². The molecule has 0 saturated carbocycles. The average molecular weight is 267 g/mol. The summed E-state index contributed by atoms with van der Waals surface area (Å²) in [6, 6.07) is 7.56. The lowest BCUT2D eigenvalue weighted by molar-refractivity contribution is -0.127. The SMILES string of the molecule is CC(NC(=O)C1(C)CCCN1)c1cccc(Cl)c1. The Hall–Kier alpha value is -1.06. The van der Waals surface area contributed by atoms with Crippen molar-refractivity contribution < 1.29 is 4.79 Å². The van der Waals surface area contributed by atoms with Crippen molar-refractivity contribution >= 4 is 17.5 Å². The topological polar surface area (TPSA) is 41.1 Å². The third kappa shape index (κ3) is 2.85. The van der Waals surface area contributed by atoms with Crippen molar-refractivity contribution in [2.45, 2.75) is 38.3 Å². The third-order valence-corrected chi connectivity index (χ3v) is 3.80. The lowest BCUT2D eigenvalue weighted by Crippen LogP contribution is -2.51. The van der Waals surface area contributed by atoms with Gasteiger partial charge in [-0.05, 0) is 50.9 Å². The Balaban J connectivity index is 2.03. The van der Waals surface area contributed by atoms with Gasteiger partial charge < -0.3 is 10.6 Å². The zero-order chi connectivity index (χ0) is 13.2. The van der Waals surface area contributed by atoms with Gasteiger partial charge in [-0.25, -0.2) is 0 Å². The summed E-state index contributed by atoms with van der Waals surface area (Å²) < 4.78 is 0. The van der Waals surface area contributed by atoms with E-state index in [1.165, 1.54) is 0 Å². The van der Waals surface area contributed by atoms with Crippen LogP contribution in [0.1, 0.15) is 38.3 Å². The summed E-state index contributed by atoms with van der Waals surface area (Å²) in [7, 11) is 0. The first-order valence-corrected chi connectivity index (χ1v) is 6.70. The number of rotatable bonds is 3. The molecule has 2 unspecified atom stereocenters. The minimum atomic E-state index is -0.424. The summed E-state index contributed by atoms with van der Waals surface area (Å²) in [4.78, 5) is 12.2. The van der Waals surface area contributed by atoms with Crippen molar-refractivity contribution in [2.24, 2.45) is 0 Å². The zero-order valence-corrected chi connectivity index (χ0v) is 11.6. The first-order chi connectivity index (χ1) is 8.51. The van der Waals surface area contributed by atoms with Gasteiger partial charge in [0.15, 0.2) is 0 Å². The Bertz CT molecular complexity index is 441. The van der Waals surface area contributed by atoms with Gasteiger partial charge in [0.2, 0.25) is 5.91 Å². The molecule has 1 aliphatic heterocycles. The molecule has 0 aliphatic carbocycles. The standard InChI is InChI=1S/C14H19ClN2O/c1-10(11-5-3-6-12(15)9-11)17-13(18)14(2)7-4-8-16-14/h3,5-6,9-10,16H,4,7-8H2,1-2H3,(H,17,18). The highest BCUT2D eigenvalue weighted by atomic mass is 35.5. The molecule has 4 heteroatoms. The van der Waals surface area contributed by atoms with Crippen LogP contribution in [0.5, 0.6) is 0 Å². The Labute approximate surface area is 113 Å². The predicted molar refractivity (Wildman–Crippen MR) is 73.7 cm³/mol. The van der Waals surface area contributed by atoms with E-state index >= 15 is 0 Å². The van der Waals surface area contributed by atoms with Crippen molar-refractivity contribution in [2.75, 3.05) is 6.54 Å². The van der Waals surface area contributed by atoms with Crippen molar-refractivity contribution in [1.29, 1.82) is 0 Å². The molecule has 1 aromatic rings. The number of nitrogens with one attached hydrogen (secondary N) is 2. The molecule has 0 bridgehead atoms. The molecular formula is C14H19ClN2O. The van der Waals surface area contributed by atoms with E-state index in [1.54, 1.807) is 0 Å². The summed E-state index contributed by atoms with van der Waals surface area (Å²) in [6.45, 7) is 4.84. The summed E-state index contributed by atoms with van der Waals surface area (Å²) in [5, 5.41) is 7.00. The first kappa shape index (κ1) is 13.4. The van der Waals surface area contributed by atoms with E-state index in [-0.39, 0.29) is 11.9 Å². The van der Waals surface area contributed by atoms with Gasteiger partial charge in [-0.3, -0.25) is 4.79 Å². The normalized spacial score (nSPS) is 24.8. The molecule has 2 rings (SSSR count). The van der Waals surface area contributed by atoms with Crippen LogP contribution in [0.4, 0.5) is 0 Å². The van der Waals surface area contributed by atoms with Crippen molar-refractivity contribution in [1.82, 2.24) is 10.6 Å². The second-order valence-electron chi connectivity index (χ2n) is 5.11. The van der Waals surface area contributed by atoms with Gasteiger partial charge in [0.1, 0.15) is 0 Å². The van der Waals surface area contributed by atoms with E-state index in [9.17, 15) is 4.79 Å². The summed E-state index contributed by atoms with van der Waals surface area (Å²) in [6.07, 6.45) is 1.94. The highest BCUT2D eigenvalue weighted by Crippen LogP contribution is 2.22. The van der Waals surface area contributed by atoms with Crippen LogP contribution in [0.2, 0.25) is 5.02 Å². The molecule has 3 nitrogen and oxygen atoms in total. The predicted octanol–water partition coefficient (Wildman–Crippen LogP) is 2.66. The first-order valence-electron chi connectivity index (χ1n) is 6.33. The van der Waals surface area contributed by atoms with Crippen LogP contribution in [0.25, 0.3) is 0 Å². The lowest BCUT2D eigenvalue weighted by Gasteiger charge is -2.26. The highest BCUT2D eigenvalue weighted by molar-refractivity contribution is 6.30. The third-order valence-electron chi connectivity index (χ3n) is 3.57.